The minimum atomic E-state index is -0.986. The van der Waals surface area contributed by atoms with Crippen LogP contribution in [0.4, 0.5) is 15.8 Å². The van der Waals surface area contributed by atoms with Gasteiger partial charge in [0.15, 0.2) is 0 Å². The molecular formula is C12H17FN4O. The highest BCUT2D eigenvalue weighted by molar-refractivity contribution is 5.76. The molecule has 0 aliphatic heterocycles. The fourth-order valence-electron chi connectivity index (χ4n) is 1.50. The van der Waals surface area contributed by atoms with Crippen molar-refractivity contribution in [2.24, 2.45) is 5.84 Å². The number of nitrogens with one attached hydrogen (secondary N) is 2. The van der Waals surface area contributed by atoms with Gasteiger partial charge in [0.25, 0.3) is 0 Å². The molecule has 5 nitrogen and oxygen atoms in total. The number of hydrazine groups is 1. The summed E-state index contributed by atoms with van der Waals surface area (Å²) < 4.78 is 13.8. The fraction of sp³-hybridized carbons (Fsp3) is 0.417. The molecule has 0 heterocycles. The van der Waals surface area contributed by atoms with Gasteiger partial charge in [0, 0.05) is 6.54 Å². The summed E-state index contributed by atoms with van der Waals surface area (Å²) in [5.41, 5.74) is 2.30. The van der Waals surface area contributed by atoms with Crippen molar-refractivity contribution in [3.63, 3.8) is 0 Å². The number of benzene rings is 1. The maximum Gasteiger partial charge on any atom is 0.146 e. The first-order chi connectivity index (χ1) is 8.30. The lowest BCUT2D eigenvalue weighted by molar-refractivity contribution is 0.0945. The van der Waals surface area contributed by atoms with Gasteiger partial charge in [-0.2, -0.15) is 5.26 Å². The largest absolute Gasteiger partial charge is 0.389 e. The van der Waals surface area contributed by atoms with Crippen molar-refractivity contribution in [2.75, 3.05) is 17.3 Å². The molecule has 0 aromatic heterocycles. The van der Waals surface area contributed by atoms with Gasteiger partial charge in [0.05, 0.1) is 17.0 Å². The number of nitrogens with two attached hydrogens (primary N) is 1. The molecule has 0 unspecified atom stereocenters. The molecule has 0 atom stereocenters. The van der Waals surface area contributed by atoms with Gasteiger partial charge >= 0.3 is 0 Å². The maximum atomic E-state index is 13.8. The van der Waals surface area contributed by atoms with E-state index in [2.05, 4.69) is 10.7 Å². The van der Waals surface area contributed by atoms with Crippen LogP contribution in [0, 0.1) is 24.1 Å². The number of aliphatic hydroxyl groups is 1. The minimum absolute atomic E-state index is 0.118. The molecular weight excluding hydrogens is 235 g/mol. The molecule has 0 spiro atoms. The van der Waals surface area contributed by atoms with Gasteiger partial charge in [-0.1, -0.05) is 0 Å². The number of hydrogen-bond donors (Lipinski definition) is 4. The van der Waals surface area contributed by atoms with Crippen molar-refractivity contribution >= 4 is 11.4 Å². The predicted octanol–water partition coefficient (Wildman–Crippen LogP) is 1.47. The zero-order valence-electron chi connectivity index (χ0n) is 10.6. The predicted molar refractivity (Wildman–Crippen MR) is 68.4 cm³/mol. The molecule has 0 saturated carbocycles. The van der Waals surface area contributed by atoms with E-state index in [-0.39, 0.29) is 17.8 Å². The van der Waals surface area contributed by atoms with E-state index in [0.717, 1.165) is 0 Å². The van der Waals surface area contributed by atoms with Crippen LogP contribution in [0.5, 0.6) is 0 Å². The molecule has 0 saturated heterocycles. The van der Waals surface area contributed by atoms with Gasteiger partial charge in [-0.15, -0.1) is 0 Å². The lowest BCUT2D eigenvalue weighted by Gasteiger charge is -2.21. The van der Waals surface area contributed by atoms with Crippen LogP contribution in [0.1, 0.15) is 25.0 Å². The van der Waals surface area contributed by atoms with Gasteiger partial charge in [0.2, 0.25) is 0 Å². The standard InChI is InChI=1S/C12H17FN4O/c1-7-4-9(17-15)11(8(5-14)10(7)13)16-6-12(2,3)18/h4,16-18H,6,15H2,1-3H3. The molecule has 98 valence electrons. The van der Waals surface area contributed by atoms with E-state index in [1.807, 2.05) is 0 Å². The van der Waals surface area contributed by atoms with Gasteiger partial charge in [-0.25, -0.2) is 4.39 Å². The second-order valence-electron chi connectivity index (χ2n) is 4.73. The second-order valence-corrected chi connectivity index (χ2v) is 4.73. The number of nitriles is 1. The number of nitrogens with zero attached hydrogens (tertiary/aromatic N) is 1. The molecule has 1 aromatic carbocycles. The van der Waals surface area contributed by atoms with Crippen molar-refractivity contribution in [3.05, 3.63) is 23.0 Å². The highest BCUT2D eigenvalue weighted by Crippen LogP contribution is 2.30. The molecule has 1 rings (SSSR count). The summed E-state index contributed by atoms with van der Waals surface area (Å²) in [7, 11) is 0. The zero-order valence-corrected chi connectivity index (χ0v) is 10.6. The maximum absolute atomic E-state index is 13.8. The van der Waals surface area contributed by atoms with E-state index in [0.29, 0.717) is 11.3 Å². The van der Waals surface area contributed by atoms with Gasteiger partial charge in [-0.05, 0) is 32.4 Å². The summed E-state index contributed by atoms with van der Waals surface area (Å²) in [5, 5.41) is 21.5. The summed E-state index contributed by atoms with van der Waals surface area (Å²) >= 11 is 0. The monoisotopic (exact) mass is 252 g/mol. The van der Waals surface area contributed by atoms with Crippen LogP contribution in [0.25, 0.3) is 0 Å². The van der Waals surface area contributed by atoms with Gasteiger partial charge < -0.3 is 15.8 Å². The fourth-order valence-corrected chi connectivity index (χ4v) is 1.50. The van der Waals surface area contributed by atoms with Crippen LogP contribution in [-0.4, -0.2) is 17.3 Å². The summed E-state index contributed by atoms with van der Waals surface area (Å²) in [4.78, 5) is 0. The average Bonchev–Trinajstić information content (AvgIpc) is 2.28. The number of rotatable bonds is 4. The topological polar surface area (TPSA) is 94.1 Å². The first-order valence-electron chi connectivity index (χ1n) is 5.46. The van der Waals surface area contributed by atoms with Crippen LogP contribution in [0.3, 0.4) is 0 Å². The van der Waals surface area contributed by atoms with E-state index < -0.39 is 11.4 Å². The Hall–Kier alpha value is -1.84. The van der Waals surface area contributed by atoms with E-state index >= 15 is 0 Å². The molecule has 1 aromatic rings. The van der Waals surface area contributed by atoms with Crippen molar-refractivity contribution in [2.45, 2.75) is 26.4 Å². The molecule has 0 aliphatic rings. The molecule has 0 bridgehead atoms. The normalized spacial score (nSPS) is 10.9. The Kier molecular flexibility index (Phi) is 4.11. The average molecular weight is 252 g/mol. The molecule has 18 heavy (non-hydrogen) atoms. The summed E-state index contributed by atoms with van der Waals surface area (Å²) in [6.45, 7) is 4.92. The van der Waals surface area contributed by atoms with Crippen LogP contribution in [0.15, 0.2) is 6.07 Å². The van der Waals surface area contributed by atoms with Crippen molar-refractivity contribution < 1.29 is 9.50 Å². The first kappa shape index (κ1) is 14.2. The number of halogens is 1. The molecule has 0 amide bonds. The lowest BCUT2D eigenvalue weighted by atomic mass is 10.1. The molecule has 6 heteroatoms. The summed E-state index contributed by atoms with van der Waals surface area (Å²) in [5.74, 6) is 4.76. The zero-order chi connectivity index (χ0) is 13.9. The summed E-state index contributed by atoms with van der Waals surface area (Å²) in [6.07, 6.45) is 0. The number of aryl methyl sites for hydroxylation is 1. The third kappa shape index (κ3) is 3.09. The number of nitrogen functional groups attached to an aromatic ring is 1. The van der Waals surface area contributed by atoms with Gasteiger partial charge in [0.1, 0.15) is 17.4 Å². The highest BCUT2D eigenvalue weighted by Gasteiger charge is 2.19. The molecule has 0 radical (unpaired) electrons. The Morgan fingerprint density at radius 3 is 2.61 bits per heavy atom. The van der Waals surface area contributed by atoms with Crippen molar-refractivity contribution in [3.8, 4) is 6.07 Å². The number of hydrogen-bond acceptors (Lipinski definition) is 5. The Bertz CT molecular complexity index is 488. The van der Waals surface area contributed by atoms with E-state index in [1.165, 1.54) is 6.07 Å². The van der Waals surface area contributed by atoms with Crippen LogP contribution in [0.2, 0.25) is 0 Å². The molecule has 5 N–H and O–H groups in total. The van der Waals surface area contributed by atoms with Crippen molar-refractivity contribution in [1.82, 2.24) is 0 Å². The lowest BCUT2D eigenvalue weighted by Crippen LogP contribution is -2.30. The smallest absolute Gasteiger partial charge is 0.146 e. The first-order valence-corrected chi connectivity index (χ1v) is 5.46. The SMILES string of the molecule is Cc1cc(NN)c(NCC(C)(C)O)c(C#N)c1F. The van der Waals surface area contributed by atoms with Crippen LogP contribution < -0.4 is 16.6 Å². The Labute approximate surface area is 105 Å². The molecule has 0 aliphatic carbocycles. The van der Waals surface area contributed by atoms with Crippen molar-refractivity contribution in [1.29, 1.82) is 5.26 Å². The summed E-state index contributed by atoms with van der Waals surface area (Å²) in [6, 6.07) is 3.30. The minimum Gasteiger partial charge on any atom is -0.389 e. The highest BCUT2D eigenvalue weighted by atomic mass is 19.1. The Morgan fingerprint density at radius 2 is 2.17 bits per heavy atom. The van der Waals surface area contributed by atoms with E-state index in [4.69, 9.17) is 11.1 Å². The number of anilines is 2. The quantitative estimate of drug-likeness (QED) is 0.481. The molecule has 0 fully saturated rings. The second kappa shape index (κ2) is 5.21. The third-order valence-electron chi connectivity index (χ3n) is 2.41. The third-order valence-corrected chi connectivity index (χ3v) is 2.41. The van der Waals surface area contributed by atoms with Gasteiger partial charge in [-0.3, -0.25) is 5.84 Å². The van der Waals surface area contributed by atoms with Crippen LogP contribution >= 0.6 is 0 Å². The van der Waals surface area contributed by atoms with E-state index in [9.17, 15) is 9.50 Å². The van der Waals surface area contributed by atoms with Crippen LogP contribution in [-0.2, 0) is 0 Å². The Morgan fingerprint density at radius 1 is 1.56 bits per heavy atom. The van der Waals surface area contributed by atoms with E-state index in [1.54, 1.807) is 26.8 Å². The Balaban J connectivity index is 3.24.